The maximum Gasteiger partial charge on any atom is 0.328 e. The topological polar surface area (TPSA) is 40.5 Å². The maximum atomic E-state index is 10.2. The van der Waals surface area contributed by atoms with Gasteiger partial charge in [-0.2, -0.15) is 11.8 Å². The highest BCUT2D eigenvalue weighted by molar-refractivity contribution is 7.99. The van der Waals surface area contributed by atoms with Crippen LogP contribution in [0.5, 0.6) is 0 Å². The average molecular weight is 201 g/mol. The Kier molecular flexibility index (Phi) is 4.32. The molecule has 13 heavy (non-hydrogen) atoms. The van der Waals surface area contributed by atoms with Crippen LogP contribution in [0.2, 0.25) is 0 Å². The summed E-state index contributed by atoms with van der Waals surface area (Å²) in [5.41, 5.74) is 0. The molecule has 0 spiro atoms. The molecule has 0 bridgehead atoms. The maximum absolute atomic E-state index is 10.2. The molecule has 0 amide bonds. The van der Waals surface area contributed by atoms with Gasteiger partial charge in [-0.05, 0) is 6.92 Å². The van der Waals surface area contributed by atoms with Crippen LogP contribution in [0.25, 0.3) is 0 Å². The third-order valence-corrected chi connectivity index (χ3v) is 3.29. The fraction of sp³-hybridized carbons (Fsp3) is 0.667. The summed E-state index contributed by atoms with van der Waals surface area (Å²) in [6, 6.07) is 0.567. The number of aliphatic carboxylic acids is 1. The van der Waals surface area contributed by atoms with Crippen molar-refractivity contribution in [1.29, 1.82) is 0 Å². The zero-order valence-electron chi connectivity index (χ0n) is 7.77. The smallest absolute Gasteiger partial charge is 0.328 e. The molecule has 0 radical (unpaired) electrons. The first kappa shape index (κ1) is 10.6. The first-order chi connectivity index (χ1) is 6.20. The van der Waals surface area contributed by atoms with Gasteiger partial charge < -0.3 is 5.11 Å². The first-order valence-corrected chi connectivity index (χ1v) is 5.57. The van der Waals surface area contributed by atoms with Gasteiger partial charge in [0.15, 0.2) is 0 Å². The van der Waals surface area contributed by atoms with E-state index >= 15 is 0 Å². The minimum atomic E-state index is -0.862. The van der Waals surface area contributed by atoms with E-state index in [4.69, 9.17) is 5.11 Å². The second kappa shape index (κ2) is 5.29. The summed E-state index contributed by atoms with van der Waals surface area (Å²) in [6.07, 6.45) is 2.93. The van der Waals surface area contributed by atoms with Gasteiger partial charge in [0.2, 0.25) is 0 Å². The Morgan fingerprint density at radius 1 is 1.77 bits per heavy atom. The van der Waals surface area contributed by atoms with Crippen molar-refractivity contribution >= 4 is 17.7 Å². The molecule has 1 atom stereocenters. The Labute approximate surface area is 82.8 Å². The predicted octanol–water partition coefficient (Wildman–Crippen LogP) is 1.06. The van der Waals surface area contributed by atoms with Crippen molar-refractivity contribution < 1.29 is 9.90 Å². The monoisotopic (exact) mass is 201 g/mol. The molecule has 0 aliphatic carbocycles. The lowest BCUT2D eigenvalue weighted by Crippen LogP contribution is -2.40. The van der Waals surface area contributed by atoms with Gasteiger partial charge in [-0.3, -0.25) is 4.90 Å². The molecule has 1 unspecified atom stereocenters. The molecule has 1 fully saturated rings. The highest BCUT2D eigenvalue weighted by Gasteiger charge is 2.16. The molecule has 1 aliphatic heterocycles. The van der Waals surface area contributed by atoms with E-state index in [-0.39, 0.29) is 0 Å². The normalized spacial score (nSPS) is 25.2. The van der Waals surface area contributed by atoms with E-state index in [1.807, 2.05) is 11.8 Å². The number of rotatable bonds is 3. The third kappa shape index (κ3) is 3.83. The molecule has 1 saturated heterocycles. The van der Waals surface area contributed by atoms with Gasteiger partial charge in [0.05, 0.1) is 0 Å². The van der Waals surface area contributed by atoms with E-state index < -0.39 is 5.97 Å². The molecule has 0 aromatic heterocycles. The summed E-state index contributed by atoms with van der Waals surface area (Å²) in [4.78, 5) is 12.5. The average Bonchev–Trinajstić information content (AvgIpc) is 2.08. The Morgan fingerprint density at radius 3 is 3.15 bits per heavy atom. The lowest BCUT2D eigenvalue weighted by atomic mass is 10.3. The lowest BCUT2D eigenvalue weighted by Gasteiger charge is -2.31. The van der Waals surface area contributed by atoms with Crippen molar-refractivity contribution in [3.63, 3.8) is 0 Å². The van der Waals surface area contributed by atoms with Crippen LogP contribution in [-0.2, 0) is 4.79 Å². The van der Waals surface area contributed by atoms with Crippen molar-refractivity contribution in [1.82, 2.24) is 4.90 Å². The Balaban J connectivity index is 2.30. The van der Waals surface area contributed by atoms with Crippen molar-refractivity contribution in [2.45, 2.75) is 13.0 Å². The number of carboxylic acid groups (broad SMARTS) is 1. The lowest BCUT2D eigenvalue weighted by molar-refractivity contribution is -0.131. The van der Waals surface area contributed by atoms with Crippen LogP contribution in [-0.4, -0.2) is 46.6 Å². The Morgan fingerprint density at radius 2 is 2.54 bits per heavy atom. The minimum absolute atomic E-state index is 0.567. The van der Waals surface area contributed by atoms with Crippen molar-refractivity contribution in [2.75, 3.05) is 24.6 Å². The second-order valence-corrected chi connectivity index (χ2v) is 4.31. The Bertz CT molecular complexity index is 206. The van der Waals surface area contributed by atoms with E-state index in [9.17, 15) is 4.79 Å². The molecule has 1 N–H and O–H groups in total. The van der Waals surface area contributed by atoms with Crippen LogP contribution in [0.15, 0.2) is 12.2 Å². The van der Waals surface area contributed by atoms with Crippen molar-refractivity contribution in [3.8, 4) is 0 Å². The molecule has 3 nitrogen and oxygen atoms in total. The SMILES string of the molecule is CC1CSCCN1C/C=C/C(=O)O. The Hall–Kier alpha value is -0.480. The summed E-state index contributed by atoms with van der Waals surface area (Å²) in [7, 11) is 0. The zero-order valence-corrected chi connectivity index (χ0v) is 8.59. The summed E-state index contributed by atoms with van der Waals surface area (Å²) in [6.45, 7) is 4.00. The largest absolute Gasteiger partial charge is 0.478 e. The fourth-order valence-corrected chi connectivity index (χ4v) is 2.40. The zero-order chi connectivity index (χ0) is 9.68. The third-order valence-electron chi connectivity index (χ3n) is 2.11. The van der Waals surface area contributed by atoms with Gasteiger partial charge in [-0.1, -0.05) is 6.08 Å². The number of carbonyl (C=O) groups is 1. The second-order valence-electron chi connectivity index (χ2n) is 3.16. The van der Waals surface area contributed by atoms with Crippen LogP contribution in [0.3, 0.4) is 0 Å². The van der Waals surface area contributed by atoms with Crippen molar-refractivity contribution in [3.05, 3.63) is 12.2 Å². The highest BCUT2D eigenvalue weighted by Crippen LogP contribution is 2.15. The molecule has 0 aromatic rings. The van der Waals surface area contributed by atoms with Crippen molar-refractivity contribution in [2.24, 2.45) is 0 Å². The number of hydrogen-bond acceptors (Lipinski definition) is 3. The van der Waals surface area contributed by atoms with Crippen LogP contribution in [0, 0.1) is 0 Å². The molecule has 4 heteroatoms. The predicted molar refractivity (Wildman–Crippen MR) is 55.1 cm³/mol. The van der Waals surface area contributed by atoms with Crippen LogP contribution >= 0.6 is 11.8 Å². The molecule has 0 aromatic carbocycles. The van der Waals surface area contributed by atoms with Gasteiger partial charge in [0.1, 0.15) is 0 Å². The molecule has 1 rings (SSSR count). The van der Waals surface area contributed by atoms with Gasteiger partial charge in [0.25, 0.3) is 0 Å². The molecular weight excluding hydrogens is 186 g/mol. The molecule has 1 aliphatic rings. The highest BCUT2D eigenvalue weighted by atomic mass is 32.2. The first-order valence-electron chi connectivity index (χ1n) is 4.41. The van der Waals surface area contributed by atoms with E-state index in [0.29, 0.717) is 6.04 Å². The van der Waals surface area contributed by atoms with Gasteiger partial charge in [0, 0.05) is 36.7 Å². The van der Waals surface area contributed by atoms with E-state index in [1.54, 1.807) is 6.08 Å². The quantitative estimate of drug-likeness (QED) is 0.693. The van der Waals surface area contributed by atoms with E-state index in [2.05, 4.69) is 11.8 Å². The standard InChI is InChI=1S/C9H15NO2S/c1-8-7-13-6-5-10(8)4-2-3-9(11)12/h2-3,8H,4-7H2,1H3,(H,11,12)/b3-2+. The number of thioether (sulfide) groups is 1. The van der Waals surface area contributed by atoms with Crippen LogP contribution in [0.4, 0.5) is 0 Å². The number of nitrogens with zero attached hydrogens (tertiary/aromatic N) is 1. The van der Waals surface area contributed by atoms with Gasteiger partial charge >= 0.3 is 5.97 Å². The van der Waals surface area contributed by atoms with Gasteiger partial charge in [-0.25, -0.2) is 4.79 Å². The summed E-state index contributed by atoms with van der Waals surface area (Å²) in [5, 5.41) is 8.40. The number of hydrogen-bond donors (Lipinski definition) is 1. The van der Waals surface area contributed by atoms with Crippen LogP contribution < -0.4 is 0 Å². The molecule has 0 saturated carbocycles. The molecule has 1 heterocycles. The van der Waals surface area contributed by atoms with Gasteiger partial charge in [-0.15, -0.1) is 0 Å². The fourth-order valence-electron chi connectivity index (χ4n) is 1.32. The van der Waals surface area contributed by atoms with E-state index in [1.165, 1.54) is 6.08 Å². The molecule has 74 valence electrons. The summed E-state index contributed by atoms with van der Waals surface area (Å²) >= 11 is 1.96. The number of carboxylic acids is 1. The van der Waals surface area contributed by atoms with E-state index in [0.717, 1.165) is 24.6 Å². The summed E-state index contributed by atoms with van der Waals surface area (Å²) in [5.74, 6) is 1.45. The summed E-state index contributed by atoms with van der Waals surface area (Å²) < 4.78 is 0. The molecular formula is C9H15NO2S. The minimum Gasteiger partial charge on any atom is -0.478 e. The van der Waals surface area contributed by atoms with Crippen LogP contribution in [0.1, 0.15) is 6.92 Å².